The molecular weight excluding hydrogens is 379 g/mol. The van der Waals surface area contributed by atoms with Gasteiger partial charge in [0.15, 0.2) is 0 Å². The zero-order valence-electron chi connectivity index (χ0n) is 14.3. The number of nitrogens with zero attached hydrogens (tertiary/aromatic N) is 1. The first-order valence-electron chi connectivity index (χ1n) is 8.03. The average molecular weight is 399 g/mol. The number of halogens is 2. The van der Waals surface area contributed by atoms with Crippen LogP contribution < -0.4 is 4.72 Å². The summed E-state index contributed by atoms with van der Waals surface area (Å²) in [6.07, 6.45) is 0.640. The minimum atomic E-state index is -3.74. The molecule has 1 amide bonds. The molecule has 0 radical (unpaired) electrons. The van der Waals surface area contributed by atoms with E-state index in [1.807, 2.05) is 12.1 Å². The van der Waals surface area contributed by atoms with E-state index in [9.17, 15) is 17.6 Å². The van der Waals surface area contributed by atoms with E-state index in [2.05, 4.69) is 4.72 Å². The number of hydrogen-bond acceptors (Lipinski definition) is 3. The van der Waals surface area contributed by atoms with Crippen molar-refractivity contribution in [3.8, 4) is 0 Å². The molecule has 0 heterocycles. The van der Waals surface area contributed by atoms with Crippen molar-refractivity contribution in [2.24, 2.45) is 0 Å². The highest BCUT2D eigenvalue weighted by atomic mass is 35.5. The van der Waals surface area contributed by atoms with E-state index in [-0.39, 0.29) is 23.9 Å². The standard InChI is InChI=1S/C18H20ClFN2O3S/c1-14(23)22(12-10-15-2-4-16(19)5-3-15)13-11-21-26(24,25)18-8-6-17(20)7-9-18/h2-9,21H,10-13H2,1H3. The lowest BCUT2D eigenvalue weighted by Gasteiger charge is -2.21. The second kappa shape index (κ2) is 9.12. The molecule has 0 bridgehead atoms. The van der Waals surface area contributed by atoms with E-state index in [4.69, 9.17) is 11.6 Å². The van der Waals surface area contributed by atoms with Crippen LogP contribution in [0.4, 0.5) is 4.39 Å². The number of nitrogens with one attached hydrogen (secondary N) is 1. The zero-order chi connectivity index (χ0) is 19.2. The van der Waals surface area contributed by atoms with E-state index in [1.165, 1.54) is 19.1 Å². The molecule has 2 rings (SSSR count). The normalized spacial score (nSPS) is 11.3. The fourth-order valence-electron chi connectivity index (χ4n) is 2.35. The Kier molecular flexibility index (Phi) is 7.14. The van der Waals surface area contributed by atoms with Gasteiger partial charge in [-0.1, -0.05) is 23.7 Å². The highest BCUT2D eigenvalue weighted by molar-refractivity contribution is 7.89. The number of carbonyl (C=O) groups excluding carboxylic acids is 1. The van der Waals surface area contributed by atoms with Crippen LogP contribution in [0.15, 0.2) is 53.4 Å². The van der Waals surface area contributed by atoms with E-state index in [0.717, 1.165) is 17.7 Å². The van der Waals surface area contributed by atoms with E-state index < -0.39 is 15.8 Å². The molecule has 0 fully saturated rings. The lowest BCUT2D eigenvalue weighted by atomic mass is 10.1. The Morgan fingerprint density at radius 3 is 2.27 bits per heavy atom. The number of sulfonamides is 1. The lowest BCUT2D eigenvalue weighted by Crippen LogP contribution is -2.38. The monoisotopic (exact) mass is 398 g/mol. The third-order valence-corrected chi connectivity index (χ3v) is 5.56. The van der Waals surface area contributed by atoms with E-state index >= 15 is 0 Å². The second-order valence-electron chi connectivity index (χ2n) is 5.73. The molecule has 1 N–H and O–H groups in total. The van der Waals surface area contributed by atoms with Gasteiger partial charge in [-0.2, -0.15) is 0 Å². The SMILES string of the molecule is CC(=O)N(CCNS(=O)(=O)c1ccc(F)cc1)CCc1ccc(Cl)cc1. The molecule has 140 valence electrons. The predicted molar refractivity (Wildman–Crippen MR) is 99.0 cm³/mol. The minimum Gasteiger partial charge on any atom is -0.341 e. The number of carbonyl (C=O) groups is 1. The van der Waals surface area contributed by atoms with Gasteiger partial charge in [0.1, 0.15) is 5.82 Å². The molecule has 2 aromatic carbocycles. The van der Waals surface area contributed by atoms with Crippen LogP contribution in [0.3, 0.4) is 0 Å². The second-order valence-corrected chi connectivity index (χ2v) is 7.94. The van der Waals surface area contributed by atoms with Gasteiger partial charge in [0.25, 0.3) is 0 Å². The maximum Gasteiger partial charge on any atom is 0.240 e. The Bertz CT molecular complexity index is 840. The van der Waals surface area contributed by atoms with Crippen molar-refractivity contribution in [3.05, 3.63) is 64.9 Å². The van der Waals surface area contributed by atoms with Gasteiger partial charge in [0.05, 0.1) is 4.90 Å². The summed E-state index contributed by atoms with van der Waals surface area (Å²) in [6, 6.07) is 11.9. The van der Waals surface area contributed by atoms with E-state index in [1.54, 1.807) is 17.0 Å². The summed E-state index contributed by atoms with van der Waals surface area (Å²) in [4.78, 5) is 13.3. The number of hydrogen-bond donors (Lipinski definition) is 1. The van der Waals surface area contributed by atoms with Crippen molar-refractivity contribution in [1.29, 1.82) is 0 Å². The minimum absolute atomic E-state index is 0.0190. The van der Waals surface area contributed by atoms with Gasteiger partial charge in [0, 0.05) is 31.6 Å². The summed E-state index contributed by atoms with van der Waals surface area (Å²) in [5, 5.41) is 0.646. The quantitative estimate of drug-likeness (QED) is 0.743. The molecule has 0 unspecified atom stereocenters. The summed E-state index contributed by atoms with van der Waals surface area (Å²) in [6.45, 7) is 2.22. The van der Waals surface area contributed by atoms with Crippen LogP contribution in [0, 0.1) is 5.82 Å². The largest absolute Gasteiger partial charge is 0.341 e. The van der Waals surface area contributed by atoms with Crippen LogP contribution in [0.2, 0.25) is 5.02 Å². The van der Waals surface area contributed by atoms with Crippen LogP contribution >= 0.6 is 11.6 Å². The third-order valence-electron chi connectivity index (χ3n) is 3.83. The topological polar surface area (TPSA) is 66.5 Å². The van der Waals surface area contributed by atoms with Crippen molar-refractivity contribution >= 4 is 27.5 Å². The van der Waals surface area contributed by atoms with Gasteiger partial charge in [0.2, 0.25) is 15.9 Å². The Morgan fingerprint density at radius 2 is 1.69 bits per heavy atom. The average Bonchev–Trinajstić information content (AvgIpc) is 2.59. The Morgan fingerprint density at radius 1 is 1.08 bits per heavy atom. The molecule has 0 aliphatic heterocycles. The van der Waals surface area contributed by atoms with Crippen molar-refractivity contribution in [2.75, 3.05) is 19.6 Å². The summed E-state index contributed by atoms with van der Waals surface area (Å²) >= 11 is 5.84. The molecule has 5 nitrogen and oxygen atoms in total. The van der Waals surface area contributed by atoms with Gasteiger partial charge in [-0.15, -0.1) is 0 Å². The maximum absolute atomic E-state index is 12.9. The number of benzene rings is 2. The maximum atomic E-state index is 12.9. The molecule has 0 aromatic heterocycles. The first-order valence-corrected chi connectivity index (χ1v) is 9.89. The molecule has 0 aliphatic rings. The summed E-state index contributed by atoms with van der Waals surface area (Å²) < 4.78 is 39.6. The highest BCUT2D eigenvalue weighted by Gasteiger charge is 2.15. The Hall–Kier alpha value is -1.96. The molecular formula is C18H20ClFN2O3S. The number of rotatable bonds is 8. The fraction of sp³-hybridized carbons (Fsp3) is 0.278. The Balaban J connectivity index is 1.88. The van der Waals surface area contributed by atoms with Crippen LogP contribution in [0.25, 0.3) is 0 Å². The zero-order valence-corrected chi connectivity index (χ0v) is 15.9. The summed E-state index contributed by atoms with van der Waals surface area (Å²) in [5.41, 5.74) is 1.03. The van der Waals surface area contributed by atoms with Crippen LogP contribution in [-0.4, -0.2) is 38.9 Å². The van der Waals surface area contributed by atoms with Gasteiger partial charge < -0.3 is 4.90 Å². The molecule has 0 saturated carbocycles. The first-order chi connectivity index (χ1) is 12.3. The van der Waals surface area contributed by atoms with Gasteiger partial charge >= 0.3 is 0 Å². The van der Waals surface area contributed by atoms with Crippen LogP contribution in [-0.2, 0) is 21.2 Å². The first kappa shape index (κ1) is 20.4. The molecule has 8 heteroatoms. The van der Waals surface area contributed by atoms with Gasteiger partial charge in [-0.05, 0) is 48.4 Å². The van der Waals surface area contributed by atoms with Crippen LogP contribution in [0.5, 0.6) is 0 Å². The summed E-state index contributed by atoms with van der Waals surface area (Å²) in [5.74, 6) is -0.645. The molecule has 0 saturated heterocycles. The fourth-order valence-corrected chi connectivity index (χ4v) is 3.50. The third kappa shape index (κ3) is 6.09. The van der Waals surface area contributed by atoms with Crippen molar-refractivity contribution in [1.82, 2.24) is 9.62 Å². The molecule has 26 heavy (non-hydrogen) atoms. The van der Waals surface area contributed by atoms with Crippen molar-refractivity contribution < 1.29 is 17.6 Å². The van der Waals surface area contributed by atoms with E-state index in [0.29, 0.717) is 18.0 Å². The van der Waals surface area contributed by atoms with Gasteiger partial charge in [-0.25, -0.2) is 17.5 Å². The molecule has 2 aromatic rings. The van der Waals surface area contributed by atoms with Crippen molar-refractivity contribution in [3.63, 3.8) is 0 Å². The Labute approximate surface area is 157 Å². The molecule has 0 spiro atoms. The smallest absolute Gasteiger partial charge is 0.240 e. The molecule has 0 atom stereocenters. The van der Waals surface area contributed by atoms with Crippen LogP contribution in [0.1, 0.15) is 12.5 Å². The highest BCUT2D eigenvalue weighted by Crippen LogP contribution is 2.11. The van der Waals surface area contributed by atoms with Gasteiger partial charge in [-0.3, -0.25) is 4.79 Å². The molecule has 0 aliphatic carbocycles. The van der Waals surface area contributed by atoms with Crippen molar-refractivity contribution in [2.45, 2.75) is 18.2 Å². The number of amides is 1. The lowest BCUT2D eigenvalue weighted by molar-refractivity contribution is -0.128. The summed E-state index contributed by atoms with van der Waals surface area (Å²) in [7, 11) is -3.74. The predicted octanol–water partition coefficient (Wildman–Crippen LogP) is 2.85.